The van der Waals surface area contributed by atoms with Gasteiger partial charge in [-0.05, 0) is 22.8 Å². The molecule has 0 radical (unpaired) electrons. The highest BCUT2D eigenvalue weighted by Gasteiger charge is 2.28. The molecule has 108 valence electrons. The predicted molar refractivity (Wildman–Crippen MR) is 86.6 cm³/mol. The summed E-state index contributed by atoms with van der Waals surface area (Å²) in [6, 6.07) is 15.9. The van der Waals surface area contributed by atoms with E-state index in [9.17, 15) is 4.79 Å². The van der Waals surface area contributed by atoms with E-state index >= 15 is 0 Å². The van der Waals surface area contributed by atoms with Gasteiger partial charge in [-0.3, -0.25) is 4.79 Å². The summed E-state index contributed by atoms with van der Waals surface area (Å²) in [7, 11) is 0. The van der Waals surface area contributed by atoms with E-state index in [1.54, 1.807) is 0 Å². The van der Waals surface area contributed by atoms with Gasteiger partial charge >= 0.3 is 0 Å². The molecule has 0 fully saturated rings. The minimum atomic E-state index is -0.0548. The van der Waals surface area contributed by atoms with Gasteiger partial charge in [0.05, 0.1) is 6.57 Å². The van der Waals surface area contributed by atoms with Crippen molar-refractivity contribution in [1.29, 1.82) is 0 Å². The van der Waals surface area contributed by atoms with Crippen molar-refractivity contribution < 1.29 is 4.79 Å². The third-order valence-corrected chi connectivity index (χ3v) is 4.09. The molecule has 3 rings (SSSR count). The van der Waals surface area contributed by atoms with Gasteiger partial charge in [0.15, 0.2) is 5.69 Å². The van der Waals surface area contributed by atoms with Crippen LogP contribution in [0.5, 0.6) is 0 Å². The van der Waals surface area contributed by atoms with Gasteiger partial charge < -0.3 is 4.90 Å². The third-order valence-electron chi connectivity index (χ3n) is 4.09. The molecule has 3 heteroatoms. The van der Waals surface area contributed by atoms with Crippen LogP contribution in [0.15, 0.2) is 61.2 Å². The number of fused-ring (bicyclic) bond motifs is 1. The smallest absolute Gasteiger partial charge is 0.246 e. The molecule has 2 aromatic rings. The van der Waals surface area contributed by atoms with Gasteiger partial charge in [0.1, 0.15) is 0 Å². The number of carbonyl (C=O) groups is 1. The van der Waals surface area contributed by atoms with Crippen LogP contribution in [0.25, 0.3) is 4.85 Å². The molecule has 0 saturated carbocycles. The molecule has 22 heavy (non-hydrogen) atoms. The second kappa shape index (κ2) is 5.87. The fourth-order valence-corrected chi connectivity index (χ4v) is 2.98. The summed E-state index contributed by atoms with van der Waals surface area (Å²) in [5.41, 5.74) is 4.05. The highest BCUT2D eigenvalue weighted by Crippen LogP contribution is 2.35. The van der Waals surface area contributed by atoms with E-state index in [0.717, 1.165) is 16.7 Å². The Hall–Kier alpha value is -2.86. The van der Waals surface area contributed by atoms with Crippen LogP contribution in [-0.4, -0.2) is 17.4 Å². The first kappa shape index (κ1) is 14.1. The molecular weight excluding hydrogens is 272 g/mol. The van der Waals surface area contributed by atoms with E-state index in [1.807, 2.05) is 41.3 Å². The van der Waals surface area contributed by atoms with Crippen molar-refractivity contribution in [2.75, 3.05) is 6.54 Å². The van der Waals surface area contributed by atoms with Gasteiger partial charge in [0.25, 0.3) is 0 Å². The Kier molecular flexibility index (Phi) is 3.76. The fourth-order valence-electron chi connectivity index (χ4n) is 2.98. The zero-order valence-electron chi connectivity index (χ0n) is 12.2. The van der Waals surface area contributed by atoms with E-state index in [0.29, 0.717) is 18.8 Å². The lowest BCUT2D eigenvalue weighted by Crippen LogP contribution is -2.37. The average Bonchev–Trinajstić information content (AvgIpc) is 2.60. The summed E-state index contributed by atoms with van der Waals surface area (Å²) in [6.07, 6.45) is 1.36. The third kappa shape index (κ3) is 2.51. The Morgan fingerprint density at radius 1 is 1.27 bits per heavy atom. The quantitative estimate of drug-likeness (QED) is 0.607. The number of hydrogen-bond acceptors (Lipinski definition) is 1. The number of carbonyl (C=O) groups excluding carboxylic acids is 1. The van der Waals surface area contributed by atoms with Crippen LogP contribution >= 0.6 is 0 Å². The lowest BCUT2D eigenvalue weighted by Gasteiger charge is -2.34. The second-order valence-electron chi connectivity index (χ2n) is 5.38. The van der Waals surface area contributed by atoms with Crippen LogP contribution < -0.4 is 0 Å². The van der Waals surface area contributed by atoms with E-state index in [4.69, 9.17) is 6.57 Å². The maximum Gasteiger partial charge on any atom is 0.246 e. The normalized spacial score (nSPS) is 16.5. The van der Waals surface area contributed by atoms with E-state index in [-0.39, 0.29) is 11.8 Å². The van der Waals surface area contributed by atoms with Crippen molar-refractivity contribution in [2.45, 2.75) is 12.5 Å². The molecule has 0 spiro atoms. The summed E-state index contributed by atoms with van der Waals surface area (Å²) in [4.78, 5) is 17.4. The largest absolute Gasteiger partial charge is 0.334 e. The van der Waals surface area contributed by atoms with Gasteiger partial charge in [0.2, 0.25) is 5.91 Å². The Morgan fingerprint density at radius 2 is 2.05 bits per heavy atom. The number of benzene rings is 2. The van der Waals surface area contributed by atoms with Crippen molar-refractivity contribution in [3.05, 3.63) is 89.3 Å². The molecule has 0 unspecified atom stereocenters. The molecule has 1 aliphatic rings. The molecule has 0 aromatic heterocycles. The van der Waals surface area contributed by atoms with Crippen molar-refractivity contribution in [2.24, 2.45) is 0 Å². The number of amides is 1. The van der Waals surface area contributed by atoms with Crippen LogP contribution in [0, 0.1) is 6.57 Å². The Morgan fingerprint density at radius 3 is 2.73 bits per heavy atom. The second-order valence-corrected chi connectivity index (χ2v) is 5.38. The van der Waals surface area contributed by atoms with E-state index < -0.39 is 0 Å². The molecule has 1 aliphatic heterocycles. The SMILES string of the molecule is [C-]#[N+]c1ccc2c(c1)[C@@H](c1ccccc1)CN(C(=O)C=C)C2. The summed E-state index contributed by atoms with van der Waals surface area (Å²) >= 11 is 0. The first-order chi connectivity index (χ1) is 10.7. The van der Waals surface area contributed by atoms with Crippen molar-refractivity contribution in [3.63, 3.8) is 0 Å². The first-order valence-corrected chi connectivity index (χ1v) is 7.19. The number of hydrogen-bond donors (Lipinski definition) is 0. The monoisotopic (exact) mass is 288 g/mol. The van der Waals surface area contributed by atoms with Crippen molar-refractivity contribution in [1.82, 2.24) is 4.90 Å². The molecule has 0 saturated heterocycles. The van der Waals surface area contributed by atoms with Crippen LogP contribution in [0.2, 0.25) is 0 Å². The van der Waals surface area contributed by atoms with E-state index in [1.165, 1.54) is 6.08 Å². The number of rotatable bonds is 2. The fraction of sp³-hybridized carbons (Fsp3) is 0.158. The lowest BCUT2D eigenvalue weighted by atomic mass is 9.84. The van der Waals surface area contributed by atoms with Gasteiger partial charge in [-0.2, -0.15) is 0 Å². The lowest BCUT2D eigenvalue weighted by molar-refractivity contribution is -0.127. The summed E-state index contributed by atoms with van der Waals surface area (Å²) in [5.74, 6) is 0.0383. The van der Waals surface area contributed by atoms with Gasteiger partial charge in [-0.1, -0.05) is 55.1 Å². The first-order valence-electron chi connectivity index (χ1n) is 7.19. The van der Waals surface area contributed by atoms with E-state index in [2.05, 4.69) is 23.6 Å². The maximum absolute atomic E-state index is 12.0. The molecule has 2 aromatic carbocycles. The molecule has 1 heterocycles. The highest BCUT2D eigenvalue weighted by molar-refractivity contribution is 5.87. The van der Waals surface area contributed by atoms with Crippen LogP contribution in [0.4, 0.5) is 5.69 Å². The Labute approximate surface area is 130 Å². The van der Waals surface area contributed by atoms with Crippen LogP contribution in [0.3, 0.4) is 0 Å². The minimum absolute atomic E-state index is 0.0548. The van der Waals surface area contributed by atoms with Crippen LogP contribution in [0.1, 0.15) is 22.6 Å². The number of nitrogens with zero attached hydrogens (tertiary/aromatic N) is 2. The molecule has 0 aliphatic carbocycles. The summed E-state index contributed by atoms with van der Waals surface area (Å²) < 4.78 is 0. The summed E-state index contributed by atoms with van der Waals surface area (Å²) in [5, 5.41) is 0. The van der Waals surface area contributed by atoms with Gasteiger partial charge in [-0.15, -0.1) is 0 Å². The zero-order chi connectivity index (χ0) is 15.5. The molecule has 0 N–H and O–H groups in total. The Balaban J connectivity index is 2.09. The highest BCUT2D eigenvalue weighted by atomic mass is 16.2. The molecular formula is C19H16N2O. The van der Waals surface area contributed by atoms with Gasteiger partial charge in [-0.25, -0.2) is 4.85 Å². The molecule has 1 amide bonds. The van der Waals surface area contributed by atoms with Crippen molar-refractivity contribution >= 4 is 11.6 Å². The molecule has 1 atom stereocenters. The summed E-state index contributed by atoms with van der Waals surface area (Å²) in [6.45, 7) is 12.0. The minimum Gasteiger partial charge on any atom is -0.334 e. The predicted octanol–water partition coefficient (Wildman–Crippen LogP) is 3.90. The topological polar surface area (TPSA) is 24.7 Å². The maximum atomic E-state index is 12.0. The zero-order valence-corrected chi connectivity index (χ0v) is 12.2. The van der Waals surface area contributed by atoms with Crippen molar-refractivity contribution in [3.8, 4) is 0 Å². The molecule has 3 nitrogen and oxygen atoms in total. The standard InChI is InChI=1S/C19H16N2O/c1-3-19(22)21-12-15-9-10-16(20-2)11-17(15)18(13-21)14-7-5-4-6-8-14/h3-11,18H,1,12-13H2/t18-/m1/s1. The average molecular weight is 288 g/mol. The molecule has 0 bridgehead atoms. The van der Waals surface area contributed by atoms with Gasteiger partial charge in [0, 0.05) is 19.0 Å². The Bertz CT molecular complexity index is 759. The van der Waals surface area contributed by atoms with Crippen LogP contribution in [-0.2, 0) is 11.3 Å².